The summed E-state index contributed by atoms with van der Waals surface area (Å²) < 4.78 is 0. The lowest BCUT2D eigenvalue weighted by molar-refractivity contribution is 0.102. The molecule has 33 heavy (non-hydrogen) atoms. The van der Waals surface area contributed by atoms with Gasteiger partial charge in [-0.3, -0.25) is 9.59 Å². The summed E-state index contributed by atoms with van der Waals surface area (Å²) in [6.45, 7) is 5.47. The van der Waals surface area contributed by atoms with Gasteiger partial charge in [0.1, 0.15) is 5.82 Å². The van der Waals surface area contributed by atoms with E-state index in [1.165, 1.54) is 6.07 Å². The van der Waals surface area contributed by atoms with Crippen molar-refractivity contribution >= 4 is 40.7 Å². The van der Waals surface area contributed by atoms with Crippen LogP contribution in [-0.4, -0.2) is 53.2 Å². The number of nitrogens with zero attached hydrogens (tertiary/aromatic N) is 4. The van der Waals surface area contributed by atoms with E-state index < -0.39 is 11.8 Å². The topological polar surface area (TPSA) is 112 Å². The highest BCUT2D eigenvalue weighted by Gasteiger charge is 2.18. The molecule has 0 aliphatic carbocycles. The second kappa shape index (κ2) is 10.4. The van der Waals surface area contributed by atoms with E-state index in [1.807, 2.05) is 13.0 Å². The van der Waals surface area contributed by atoms with Crippen molar-refractivity contribution in [3.63, 3.8) is 0 Å². The SMILES string of the molecule is Cc1ccc(NC(=O)c2cc(Cl)ccc2NC(=O)c2ccc(N3CCCNCC3)nn2)nc1. The minimum Gasteiger partial charge on any atom is -0.354 e. The molecule has 1 saturated heterocycles. The fraction of sp³-hybridized carbons (Fsp3) is 0.261. The molecule has 0 bridgehead atoms. The first kappa shape index (κ1) is 22.6. The zero-order valence-electron chi connectivity index (χ0n) is 18.1. The first-order valence-electron chi connectivity index (χ1n) is 10.6. The van der Waals surface area contributed by atoms with Crippen LogP contribution in [0.1, 0.15) is 32.8 Å². The minimum atomic E-state index is -0.476. The number of carbonyl (C=O) groups excluding carboxylic acids is 2. The summed E-state index contributed by atoms with van der Waals surface area (Å²) in [6, 6.07) is 11.6. The van der Waals surface area contributed by atoms with Gasteiger partial charge in [-0.15, -0.1) is 10.2 Å². The summed E-state index contributed by atoms with van der Waals surface area (Å²) in [5, 5.41) is 17.5. The fourth-order valence-electron chi connectivity index (χ4n) is 3.41. The number of benzene rings is 1. The van der Waals surface area contributed by atoms with E-state index >= 15 is 0 Å². The summed E-state index contributed by atoms with van der Waals surface area (Å²) in [7, 11) is 0. The van der Waals surface area contributed by atoms with Crippen molar-refractivity contribution in [2.45, 2.75) is 13.3 Å². The van der Waals surface area contributed by atoms with Crippen molar-refractivity contribution in [3.8, 4) is 0 Å². The van der Waals surface area contributed by atoms with E-state index in [4.69, 9.17) is 11.6 Å². The van der Waals surface area contributed by atoms with Gasteiger partial charge in [-0.1, -0.05) is 17.7 Å². The lowest BCUT2D eigenvalue weighted by Crippen LogP contribution is -2.29. The van der Waals surface area contributed by atoms with Crippen molar-refractivity contribution in [1.29, 1.82) is 0 Å². The maximum atomic E-state index is 12.8. The molecule has 4 rings (SSSR count). The van der Waals surface area contributed by atoms with Gasteiger partial charge in [0.15, 0.2) is 11.5 Å². The highest BCUT2D eigenvalue weighted by Crippen LogP contribution is 2.23. The summed E-state index contributed by atoms with van der Waals surface area (Å²) in [5.74, 6) is 0.206. The Kier molecular flexibility index (Phi) is 7.11. The van der Waals surface area contributed by atoms with Crippen LogP contribution in [0, 0.1) is 6.92 Å². The van der Waals surface area contributed by atoms with E-state index in [1.54, 1.807) is 36.5 Å². The summed E-state index contributed by atoms with van der Waals surface area (Å²) in [5.41, 5.74) is 1.63. The van der Waals surface area contributed by atoms with Crippen LogP contribution in [0.3, 0.4) is 0 Å². The van der Waals surface area contributed by atoms with Gasteiger partial charge in [-0.05, 0) is 61.9 Å². The van der Waals surface area contributed by atoms with Gasteiger partial charge in [0.2, 0.25) is 0 Å². The number of rotatable bonds is 5. The minimum absolute atomic E-state index is 0.146. The number of halogens is 1. The molecule has 0 unspecified atom stereocenters. The van der Waals surface area contributed by atoms with Crippen LogP contribution in [0.4, 0.5) is 17.3 Å². The zero-order valence-corrected chi connectivity index (χ0v) is 18.9. The van der Waals surface area contributed by atoms with Crippen LogP contribution in [0.5, 0.6) is 0 Å². The van der Waals surface area contributed by atoms with Gasteiger partial charge in [-0.25, -0.2) is 4.98 Å². The molecule has 1 aromatic carbocycles. The van der Waals surface area contributed by atoms with Crippen molar-refractivity contribution in [2.75, 3.05) is 41.7 Å². The average Bonchev–Trinajstić information content (AvgIpc) is 3.11. The number of anilines is 3. The molecule has 3 N–H and O–H groups in total. The molecule has 170 valence electrons. The first-order valence-corrected chi connectivity index (χ1v) is 11.0. The summed E-state index contributed by atoms with van der Waals surface area (Å²) >= 11 is 6.10. The molecule has 2 aromatic heterocycles. The second-order valence-corrected chi connectivity index (χ2v) is 8.12. The van der Waals surface area contributed by atoms with Gasteiger partial charge in [-0.2, -0.15) is 0 Å². The maximum Gasteiger partial charge on any atom is 0.276 e. The standard InChI is InChI=1S/C23H24ClN7O2/c1-15-3-7-20(26-14-15)28-22(32)17-13-16(24)4-5-18(17)27-23(33)19-6-8-21(30-29-19)31-11-2-9-25-10-12-31/h3-8,13-14,25H,2,9-12H2,1H3,(H,27,33)(H,26,28,32). The van der Waals surface area contributed by atoms with Crippen LogP contribution in [0.25, 0.3) is 0 Å². The van der Waals surface area contributed by atoms with Gasteiger partial charge >= 0.3 is 0 Å². The van der Waals surface area contributed by atoms with E-state index in [2.05, 4.69) is 36.0 Å². The lowest BCUT2D eigenvalue weighted by Gasteiger charge is -2.20. The largest absolute Gasteiger partial charge is 0.354 e. The molecule has 0 radical (unpaired) electrons. The number of aromatic nitrogens is 3. The third-order valence-electron chi connectivity index (χ3n) is 5.17. The Balaban J connectivity index is 1.48. The molecular formula is C23H24ClN7O2. The molecule has 2 amide bonds. The van der Waals surface area contributed by atoms with E-state index in [9.17, 15) is 9.59 Å². The first-order chi connectivity index (χ1) is 16.0. The highest BCUT2D eigenvalue weighted by atomic mass is 35.5. The molecule has 3 heterocycles. The Hall–Kier alpha value is -3.56. The Morgan fingerprint density at radius 1 is 1.00 bits per heavy atom. The molecule has 0 atom stereocenters. The molecule has 1 aliphatic rings. The zero-order chi connectivity index (χ0) is 23.2. The molecule has 1 fully saturated rings. The highest BCUT2D eigenvalue weighted by molar-refractivity contribution is 6.31. The maximum absolute atomic E-state index is 12.8. The lowest BCUT2D eigenvalue weighted by atomic mass is 10.1. The molecule has 9 nitrogen and oxygen atoms in total. The van der Waals surface area contributed by atoms with Crippen LogP contribution in [-0.2, 0) is 0 Å². The van der Waals surface area contributed by atoms with Crippen LogP contribution in [0.2, 0.25) is 5.02 Å². The van der Waals surface area contributed by atoms with Crippen LogP contribution < -0.4 is 20.9 Å². The van der Waals surface area contributed by atoms with Gasteiger partial charge in [0.25, 0.3) is 11.8 Å². The van der Waals surface area contributed by atoms with Crippen molar-refractivity contribution in [2.24, 2.45) is 0 Å². The third kappa shape index (κ3) is 5.82. The molecular weight excluding hydrogens is 442 g/mol. The Morgan fingerprint density at radius 2 is 1.88 bits per heavy atom. The van der Waals surface area contributed by atoms with Crippen molar-refractivity contribution in [1.82, 2.24) is 20.5 Å². The van der Waals surface area contributed by atoms with E-state index in [0.29, 0.717) is 16.5 Å². The summed E-state index contributed by atoms with van der Waals surface area (Å²) in [6.07, 6.45) is 2.67. The number of hydrogen-bond acceptors (Lipinski definition) is 7. The normalized spacial score (nSPS) is 13.8. The number of amides is 2. The Bertz CT molecular complexity index is 1130. The smallest absolute Gasteiger partial charge is 0.276 e. The molecule has 10 heteroatoms. The second-order valence-electron chi connectivity index (χ2n) is 7.69. The van der Waals surface area contributed by atoms with E-state index in [0.717, 1.165) is 44.0 Å². The van der Waals surface area contributed by atoms with Gasteiger partial charge in [0, 0.05) is 30.9 Å². The summed E-state index contributed by atoms with van der Waals surface area (Å²) in [4.78, 5) is 31.9. The average molecular weight is 466 g/mol. The number of aryl methyl sites for hydroxylation is 1. The van der Waals surface area contributed by atoms with Gasteiger partial charge in [0.05, 0.1) is 11.3 Å². The quantitative estimate of drug-likeness (QED) is 0.530. The van der Waals surface area contributed by atoms with Crippen molar-refractivity contribution < 1.29 is 9.59 Å². The molecule has 0 saturated carbocycles. The van der Waals surface area contributed by atoms with E-state index in [-0.39, 0.29) is 11.3 Å². The molecule has 1 aliphatic heterocycles. The number of hydrogen-bond donors (Lipinski definition) is 3. The number of nitrogens with one attached hydrogen (secondary N) is 3. The molecule has 3 aromatic rings. The number of carbonyl (C=O) groups is 2. The molecule has 0 spiro atoms. The Labute approximate surface area is 196 Å². The number of pyridine rings is 1. The van der Waals surface area contributed by atoms with Gasteiger partial charge < -0.3 is 20.9 Å². The Morgan fingerprint density at radius 3 is 2.64 bits per heavy atom. The third-order valence-corrected chi connectivity index (χ3v) is 5.41. The van der Waals surface area contributed by atoms with Crippen LogP contribution in [0.15, 0.2) is 48.7 Å². The van der Waals surface area contributed by atoms with Crippen LogP contribution >= 0.6 is 11.6 Å². The predicted molar refractivity (Wildman–Crippen MR) is 128 cm³/mol. The van der Waals surface area contributed by atoms with Crippen molar-refractivity contribution in [3.05, 3.63) is 70.5 Å². The monoisotopic (exact) mass is 465 g/mol. The fourth-order valence-corrected chi connectivity index (χ4v) is 3.59. The predicted octanol–water partition coefficient (Wildman–Crippen LogP) is 3.14.